The summed E-state index contributed by atoms with van der Waals surface area (Å²) in [5.41, 5.74) is 0.815. The molecule has 8 heteroatoms. The lowest BCUT2D eigenvalue weighted by Gasteiger charge is -2.13. The highest BCUT2D eigenvalue weighted by Crippen LogP contribution is 2.34. The van der Waals surface area contributed by atoms with Gasteiger partial charge in [0.1, 0.15) is 12.3 Å². The van der Waals surface area contributed by atoms with Crippen molar-refractivity contribution in [2.75, 3.05) is 25.6 Å². The summed E-state index contributed by atoms with van der Waals surface area (Å²) < 4.78 is 16.0. The number of ether oxygens (including phenoxy) is 2. The molecule has 0 unspecified atom stereocenters. The van der Waals surface area contributed by atoms with Gasteiger partial charge in [-0.15, -0.1) is 11.3 Å². The quantitative estimate of drug-likeness (QED) is 0.593. The number of para-hydroxylation sites is 1. The summed E-state index contributed by atoms with van der Waals surface area (Å²) in [5, 5.41) is 3.88. The Balaban J connectivity index is 1.81. The van der Waals surface area contributed by atoms with Crippen LogP contribution in [0, 0.1) is 6.92 Å². The van der Waals surface area contributed by atoms with E-state index in [2.05, 4.69) is 10.3 Å². The van der Waals surface area contributed by atoms with Gasteiger partial charge in [-0.25, -0.2) is 4.98 Å². The van der Waals surface area contributed by atoms with Gasteiger partial charge >= 0.3 is 0 Å². The van der Waals surface area contributed by atoms with Crippen molar-refractivity contribution in [3.05, 3.63) is 52.2 Å². The third-order valence-corrected chi connectivity index (χ3v) is 4.78. The first-order chi connectivity index (χ1) is 12.6. The van der Waals surface area contributed by atoms with Crippen LogP contribution in [0.1, 0.15) is 15.4 Å². The van der Waals surface area contributed by atoms with E-state index < -0.39 is 0 Å². The Bertz CT molecular complexity index is 893. The summed E-state index contributed by atoms with van der Waals surface area (Å²) in [5.74, 6) is 0.692. The molecule has 0 aliphatic carbocycles. The van der Waals surface area contributed by atoms with Gasteiger partial charge in [0.2, 0.25) is 0 Å². The van der Waals surface area contributed by atoms with Crippen LogP contribution in [0.25, 0.3) is 10.8 Å². The molecule has 0 aliphatic heterocycles. The second-order valence-electron chi connectivity index (χ2n) is 5.31. The fourth-order valence-electron chi connectivity index (χ4n) is 2.28. The molecule has 0 aliphatic rings. The molecule has 26 heavy (non-hydrogen) atoms. The summed E-state index contributed by atoms with van der Waals surface area (Å²) in [7, 11) is 1.58. The molecule has 136 valence electrons. The number of aryl methyl sites for hydroxylation is 1. The molecule has 2 heterocycles. The number of hydrogen-bond acceptors (Lipinski definition) is 6. The van der Waals surface area contributed by atoms with Crippen molar-refractivity contribution in [1.29, 1.82) is 0 Å². The predicted molar refractivity (Wildman–Crippen MR) is 101 cm³/mol. The maximum Gasteiger partial charge on any atom is 0.275 e. The first-order valence-electron chi connectivity index (χ1n) is 7.83. The van der Waals surface area contributed by atoms with Crippen LogP contribution in [-0.4, -0.2) is 31.2 Å². The van der Waals surface area contributed by atoms with Crippen molar-refractivity contribution in [2.24, 2.45) is 0 Å². The third kappa shape index (κ3) is 4.07. The minimum absolute atomic E-state index is 0.321. The number of hydrogen-bond donors (Lipinski definition) is 1. The third-order valence-electron chi connectivity index (χ3n) is 3.49. The molecule has 0 saturated heterocycles. The number of furan rings is 1. The van der Waals surface area contributed by atoms with E-state index in [4.69, 9.17) is 25.5 Å². The van der Waals surface area contributed by atoms with Crippen LogP contribution in [-0.2, 0) is 4.74 Å². The van der Waals surface area contributed by atoms with E-state index >= 15 is 0 Å². The number of rotatable bonds is 7. The molecule has 1 aromatic carbocycles. The normalized spacial score (nSPS) is 10.7. The molecular weight excluding hydrogens is 376 g/mol. The van der Waals surface area contributed by atoms with E-state index in [0.29, 0.717) is 46.1 Å². The van der Waals surface area contributed by atoms with E-state index in [1.807, 2.05) is 6.92 Å². The number of aromatic nitrogens is 1. The number of nitrogens with one attached hydrogen (secondary N) is 1. The van der Waals surface area contributed by atoms with Crippen LogP contribution in [0.2, 0.25) is 5.02 Å². The lowest BCUT2D eigenvalue weighted by atomic mass is 10.2. The van der Waals surface area contributed by atoms with Gasteiger partial charge < -0.3 is 19.2 Å². The van der Waals surface area contributed by atoms with Crippen LogP contribution in [0.5, 0.6) is 5.75 Å². The first kappa shape index (κ1) is 18.4. The number of amides is 1. The fraction of sp³-hybridized carbons (Fsp3) is 0.222. The van der Waals surface area contributed by atoms with Gasteiger partial charge in [-0.1, -0.05) is 17.7 Å². The van der Waals surface area contributed by atoms with Crippen LogP contribution in [0.4, 0.5) is 5.69 Å². The SMILES string of the molecule is COCCOc1c(Cl)cccc1NC(=O)c1nc(-c2ccco2)sc1C. The van der Waals surface area contributed by atoms with Gasteiger partial charge in [-0.3, -0.25) is 4.79 Å². The molecule has 3 rings (SSSR count). The largest absolute Gasteiger partial charge is 0.487 e. The number of halogens is 1. The van der Waals surface area contributed by atoms with E-state index in [-0.39, 0.29) is 5.91 Å². The molecule has 0 fully saturated rings. The first-order valence-corrected chi connectivity index (χ1v) is 9.02. The Morgan fingerprint density at radius 3 is 2.88 bits per heavy atom. The highest BCUT2D eigenvalue weighted by molar-refractivity contribution is 7.15. The van der Waals surface area contributed by atoms with Crippen molar-refractivity contribution in [3.8, 4) is 16.5 Å². The zero-order valence-corrected chi connectivity index (χ0v) is 15.8. The van der Waals surface area contributed by atoms with Crippen molar-refractivity contribution >= 4 is 34.5 Å². The van der Waals surface area contributed by atoms with Gasteiger partial charge in [0.15, 0.2) is 16.5 Å². The van der Waals surface area contributed by atoms with Crippen molar-refractivity contribution in [1.82, 2.24) is 4.98 Å². The van der Waals surface area contributed by atoms with Gasteiger partial charge in [0, 0.05) is 12.0 Å². The summed E-state index contributed by atoms with van der Waals surface area (Å²) >= 11 is 7.59. The second-order valence-corrected chi connectivity index (χ2v) is 6.92. The Morgan fingerprint density at radius 1 is 1.31 bits per heavy atom. The summed E-state index contributed by atoms with van der Waals surface area (Å²) in [4.78, 5) is 17.9. The maximum absolute atomic E-state index is 12.7. The highest BCUT2D eigenvalue weighted by atomic mass is 35.5. The molecule has 2 aromatic heterocycles. The van der Waals surface area contributed by atoms with Crippen LogP contribution in [0.3, 0.4) is 0 Å². The fourth-order valence-corrected chi connectivity index (χ4v) is 3.38. The summed E-state index contributed by atoms with van der Waals surface area (Å²) in [6.45, 7) is 2.57. The maximum atomic E-state index is 12.7. The number of thiazole rings is 1. The Hall–Kier alpha value is -2.35. The van der Waals surface area contributed by atoms with Crippen LogP contribution < -0.4 is 10.1 Å². The number of methoxy groups -OCH3 is 1. The molecule has 0 bridgehead atoms. The monoisotopic (exact) mass is 392 g/mol. The summed E-state index contributed by atoms with van der Waals surface area (Å²) in [6.07, 6.45) is 1.57. The van der Waals surface area contributed by atoms with Gasteiger partial charge in [-0.2, -0.15) is 0 Å². The molecule has 0 radical (unpaired) electrons. The zero-order valence-electron chi connectivity index (χ0n) is 14.2. The Labute approximate surface area is 159 Å². The van der Waals surface area contributed by atoms with E-state index in [9.17, 15) is 4.79 Å². The summed E-state index contributed by atoms with van der Waals surface area (Å²) in [6, 6.07) is 8.74. The average Bonchev–Trinajstić information content (AvgIpc) is 3.27. The predicted octanol–water partition coefficient (Wildman–Crippen LogP) is 4.64. The topological polar surface area (TPSA) is 73.6 Å². The molecule has 6 nitrogen and oxygen atoms in total. The average molecular weight is 393 g/mol. The lowest BCUT2D eigenvalue weighted by Crippen LogP contribution is -2.15. The minimum atomic E-state index is -0.338. The minimum Gasteiger partial charge on any atom is -0.487 e. The standard InChI is InChI=1S/C18H17ClN2O4S/c1-11-15(21-18(26-11)14-7-4-8-24-14)17(22)20-13-6-3-5-12(19)16(13)25-10-9-23-2/h3-8H,9-10H2,1-2H3,(H,20,22). The molecular formula is C18H17ClN2O4S. The van der Waals surface area contributed by atoms with Gasteiger partial charge in [0.05, 0.1) is 23.6 Å². The van der Waals surface area contributed by atoms with Crippen LogP contribution in [0.15, 0.2) is 41.0 Å². The molecule has 0 saturated carbocycles. The Morgan fingerprint density at radius 2 is 2.15 bits per heavy atom. The van der Waals surface area contributed by atoms with E-state index in [0.717, 1.165) is 4.88 Å². The molecule has 0 atom stereocenters. The van der Waals surface area contributed by atoms with Gasteiger partial charge in [0.25, 0.3) is 5.91 Å². The van der Waals surface area contributed by atoms with Crippen molar-refractivity contribution in [2.45, 2.75) is 6.92 Å². The van der Waals surface area contributed by atoms with E-state index in [1.165, 1.54) is 11.3 Å². The van der Waals surface area contributed by atoms with Crippen molar-refractivity contribution < 1.29 is 18.7 Å². The number of carbonyl (C=O) groups excluding carboxylic acids is 1. The second kappa shape index (κ2) is 8.35. The number of anilines is 1. The molecule has 1 N–H and O–H groups in total. The smallest absolute Gasteiger partial charge is 0.275 e. The zero-order chi connectivity index (χ0) is 18.5. The molecule has 1 amide bonds. The Kier molecular flexibility index (Phi) is 5.92. The molecule has 0 spiro atoms. The number of benzene rings is 1. The van der Waals surface area contributed by atoms with E-state index in [1.54, 1.807) is 43.7 Å². The van der Waals surface area contributed by atoms with Crippen molar-refractivity contribution in [3.63, 3.8) is 0 Å². The lowest BCUT2D eigenvalue weighted by molar-refractivity contribution is 0.102. The molecule has 3 aromatic rings. The highest BCUT2D eigenvalue weighted by Gasteiger charge is 2.19. The van der Waals surface area contributed by atoms with Crippen LogP contribution >= 0.6 is 22.9 Å². The number of nitrogens with zero attached hydrogens (tertiary/aromatic N) is 1. The van der Waals surface area contributed by atoms with Gasteiger partial charge in [-0.05, 0) is 31.2 Å². The number of carbonyl (C=O) groups is 1.